The largest absolute Gasteiger partial charge is 0.486 e. The Labute approximate surface area is 153 Å². The second-order valence-corrected chi connectivity index (χ2v) is 6.86. The molecule has 1 aliphatic carbocycles. The number of nitrogens with zero attached hydrogens (tertiary/aromatic N) is 4. The molecule has 0 unspecified atom stereocenters. The average molecular weight is 358 g/mol. The fourth-order valence-corrected chi connectivity index (χ4v) is 3.46. The van der Waals surface area contributed by atoms with E-state index in [4.69, 9.17) is 4.74 Å². The predicted molar refractivity (Wildman–Crippen MR) is 96.7 cm³/mol. The molecular formula is C19H26N4O3. The molecule has 0 spiro atoms. The molecule has 3 atom stereocenters. The maximum atomic E-state index is 12.6. The highest BCUT2D eigenvalue weighted by Gasteiger charge is 2.40. The third-order valence-electron chi connectivity index (χ3n) is 5.28. The molecule has 1 fully saturated rings. The van der Waals surface area contributed by atoms with Crippen LogP contribution in [-0.4, -0.2) is 56.0 Å². The van der Waals surface area contributed by atoms with Crippen LogP contribution in [0.25, 0.3) is 0 Å². The van der Waals surface area contributed by atoms with E-state index in [1.807, 2.05) is 30.9 Å². The Balaban J connectivity index is 1.54. The molecule has 2 aromatic rings. The highest BCUT2D eigenvalue weighted by Crippen LogP contribution is 2.28. The molecule has 1 amide bonds. The number of pyridine rings is 1. The van der Waals surface area contributed by atoms with Crippen LogP contribution < -0.4 is 4.74 Å². The zero-order valence-corrected chi connectivity index (χ0v) is 15.5. The molecule has 7 nitrogen and oxygen atoms in total. The van der Waals surface area contributed by atoms with Crippen LogP contribution in [0, 0.1) is 6.92 Å². The van der Waals surface area contributed by atoms with Gasteiger partial charge in [-0.05, 0) is 43.9 Å². The molecule has 0 aliphatic heterocycles. The Morgan fingerprint density at radius 2 is 2.23 bits per heavy atom. The molecule has 1 N–H and O–H groups in total. The van der Waals surface area contributed by atoms with E-state index in [1.165, 1.54) is 0 Å². The minimum atomic E-state index is -0.704. The molecule has 0 radical (unpaired) electrons. The summed E-state index contributed by atoms with van der Waals surface area (Å²) in [5.74, 6) is 0.664. The summed E-state index contributed by atoms with van der Waals surface area (Å²) < 4.78 is 7.64. The minimum absolute atomic E-state index is 0.0272. The van der Waals surface area contributed by atoms with Gasteiger partial charge >= 0.3 is 0 Å². The first-order chi connectivity index (χ1) is 12.5. The Morgan fingerprint density at radius 1 is 1.42 bits per heavy atom. The number of ether oxygens (including phenoxy) is 1. The maximum absolute atomic E-state index is 12.6. The van der Waals surface area contributed by atoms with Crippen LogP contribution in [0.3, 0.4) is 0 Å². The van der Waals surface area contributed by atoms with Crippen LogP contribution in [0.4, 0.5) is 0 Å². The zero-order chi connectivity index (χ0) is 18.7. The lowest BCUT2D eigenvalue weighted by Gasteiger charge is -2.29. The highest BCUT2D eigenvalue weighted by molar-refractivity contribution is 5.76. The fraction of sp³-hybridized carbons (Fsp3) is 0.526. The number of hydrogen-bond acceptors (Lipinski definition) is 5. The van der Waals surface area contributed by atoms with Crippen molar-refractivity contribution in [3.05, 3.63) is 42.0 Å². The Morgan fingerprint density at radius 3 is 2.88 bits per heavy atom. The average Bonchev–Trinajstić information content (AvgIpc) is 3.16. The molecule has 0 saturated heterocycles. The van der Waals surface area contributed by atoms with Crippen LogP contribution in [0.2, 0.25) is 0 Å². The monoisotopic (exact) mass is 358 g/mol. The summed E-state index contributed by atoms with van der Waals surface area (Å²) in [5.41, 5.74) is 2.16. The first-order valence-electron chi connectivity index (χ1n) is 8.95. The standard InChI is InChI=1S/C19H26N4O3/c1-13-14(11-21-23(13)3)6-9-18(24)22(2)16-7-8-17(19(16)25)26-15-5-4-10-20-12-15/h4-5,10-12,16-17,19,25H,6-9H2,1-3H3/t16-,17-,19-/m1/s1. The molecule has 1 saturated carbocycles. The van der Waals surface area contributed by atoms with Gasteiger partial charge in [0.05, 0.1) is 18.4 Å². The van der Waals surface area contributed by atoms with E-state index in [-0.39, 0.29) is 18.1 Å². The molecule has 0 aromatic carbocycles. The summed E-state index contributed by atoms with van der Waals surface area (Å²) in [6.45, 7) is 2.00. The van der Waals surface area contributed by atoms with Gasteiger partial charge < -0.3 is 14.7 Å². The van der Waals surface area contributed by atoms with Gasteiger partial charge in [0.2, 0.25) is 5.91 Å². The fourth-order valence-electron chi connectivity index (χ4n) is 3.46. The summed E-state index contributed by atoms with van der Waals surface area (Å²) >= 11 is 0. The number of carbonyl (C=O) groups is 1. The molecule has 0 bridgehead atoms. The number of rotatable bonds is 6. The summed E-state index contributed by atoms with van der Waals surface area (Å²) in [6.07, 6.45) is 6.58. The van der Waals surface area contributed by atoms with Crippen molar-refractivity contribution in [1.29, 1.82) is 0 Å². The summed E-state index contributed by atoms with van der Waals surface area (Å²) in [4.78, 5) is 18.3. The third kappa shape index (κ3) is 3.88. The van der Waals surface area contributed by atoms with E-state index in [2.05, 4.69) is 10.1 Å². The molecule has 140 valence electrons. The predicted octanol–water partition coefficient (Wildman–Crippen LogP) is 1.49. The molecule has 3 rings (SSSR count). The molecular weight excluding hydrogens is 332 g/mol. The summed E-state index contributed by atoms with van der Waals surface area (Å²) in [6, 6.07) is 3.39. The highest BCUT2D eigenvalue weighted by atomic mass is 16.5. The number of aliphatic hydroxyl groups is 1. The van der Waals surface area contributed by atoms with Crippen molar-refractivity contribution in [2.24, 2.45) is 7.05 Å². The van der Waals surface area contributed by atoms with Crippen molar-refractivity contribution in [2.45, 2.75) is 50.9 Å². The summed E-state index contributed by atoms with van der Waals surface area (Å²) in [5, 5.41) is 14.8. The van der Waals surface area contributed by atoms with Crippen LogP contribution >= 0.6 is 0 Å². The quantitative estimate of drug-likeness (QED) is 0.846. The van der Waals surface area contributed by atoms with Crippen molar-refractivity contribution in [1.82, 2.24) is 19.7 Å². The number of hydrogen-bond donors (Lipinski definition) is 1. The van der Waals surface area contributed by atoms with Crippen molar-refractivity contribution >= 4 is 5.91 Å². The smallest absolute Gasteiger partial charge is 0.222 e. The lowest BCUT2D eigenvalue weighted by molar-refractivity contribution is -0.134. The van der Waals surface area contributed by atoms with E-state index in [0.29, 0.717) is 25.0 Å². The number of aryl methyl sites for hydroxylation is 2. The Bertz CT molecular complexity index is 746. The zero-order valence-electron chi connectivity index (χ0n) is 15.5. The van der Waals surface area contributed by atoms with E-state index < -0.39 is 6.10 Å². The lowest BCUT2D eigenvalue weighted by Crippen LogP contribution is -2.45. The van der Waals surface area contributed by atoms with Gasteiger partial charge in [0.15, 0.2) is 0 Å². The van der Waals surface area contributed by atoms with Gasteiger partial charge in [0, 0.05) is 32.4 Å². The van der Waals surface area contributed by atoms with Gasteiger partial charge in [-0.3, -0.25) is 14.5 Å². The van der Waals surface area contributed by atoms with Crippen LogP contribution in [0.15, 0.2) is 30.7 Å². The number of amides is 1. The van der Waals surface area contributed by atoms with Crippen molar-refractivity contribution in [2.75, 3.05) is 7.05 Å². The maximum Gasteiger partial charge on any atom is 0.222 e. The topological polar surface area (TPSA) is 80.5 Å². The van der Waals surface area contributed by atoms with Gasteiger partial charge in [0.1, 0.15) is 18.0 Å². The van der Waals surface area contributed by atoms with Crippen molar-refractivity contribution in [3.8, 4) is 5.75 Å². The first-order valence-corrected chi connectivity index (χ1v) is 8.95. The molecule has 1 aliphatic rings. The number of carbonyl (C=O) groups excluding carboxylic acids is 1. The van der Waals surface area contributed by atoms with Gasteiger partial charge in [-0.1, -0.05) is 0 Å². The van der Waals surface area contributed by atoms with E-state index in [9.17, 15) is 9.90 Å². The second kappa shape index (κ2) is 7.86. The normalized spacial score (nSPS) is 22.4. The van der Waals surface area contributed by atoms with Crippen LogP contribution in [0.1, 0.15) is 30.5 Å². The number of aromatic nitrogens is 3. The first kappa shape index (κ1) is 18.4. The van der Waals surface area contributed by atoms with Crippen molar-refractivity contribution in [3.63, 3.8) is 0 Å². The SMILES string of the molecule is Cc1c(CCC(=O)N(C)[C@@H]2CC[C@@H](Oc3cccnc3)[C@@H]2O)cnn1C. The second-order valence-electron chi connectivity index (χ2n) is 6.86. The van der Waals surface area contributed by atoms with E-state index in [1.54, 1.807) is 30.4 Å². The lowest BCUT2D eigenvalue weighted by atomic mass is 10.1. The minimum Gasteiger partial charge on any atom is -0.486 e. The Hall–Kier alpha value is -2.41. The van der Waals surface area contributed by atoms with Gasteiger partial charge in [-0.25, -0.2) is 0 Å². The van der Waals surface area contributed by atoms with Crippen LogP contribution in [0.5, 0.6) is 5.75 Å². The Kier molecular flexibility index (Phi) is 5.56. The third-order valence-corrected chi connectivity index (χ3v) is 5.28. The van der Waals surface area contributed by atoms with Crippen LogP contribution in [-0.2, 0) is 18.3 Å². The number of aliphatic hydroxyl groups excluding tert-OH is 1. The number of likely N-dealkylation sites (N-methyl/N-ethyl adjacent to an activating group) is 1. The van der Waals surface area contributed by atoms with Gasteiger partial charge in [-0.15, -0.1) is 0 Å². The molecule has 26 heavy (non-hydrogen) atoms. The van der Waals surface area contributed by atoms with Gasteiger partial charge in [-0.2, -0.15) is 5.10 Å². The molecule has 7 heteroatoms. The molecule has 2 aromatic heterocycles. The van der Waals surface area contributed by atoms with E-state index in [0.717, 1.165) is 17.7 Å². The molecule has 2 heterocycles. The van der Waals surface area contributed by atoms with Gasteiger partial charge in [0.25, 0.3) is 0 Å². The van der Waals surface area contributed by atoms with Crippen molar-refractivity contribution < 1.29 is 14.6 Å². The van der Waals surface area contributed by atoms with E-state index >= 15 is 0 Å². The summed E-state index contributed by atoms with van der Waals surface area (Å²) in [7, 11) is 3.66.